The van der Waals surface area contributed by atoms with Crippen molar-refractivity contribution in [3.05, 3.63) is 24.5 Å². The molecular formula is C4H4NO2Ti-. The van der Waals surface area contributed by atoms with Crippen LogP contribution >= 0.6 is 0 Å². The van der Waals surface area contributed by atoms with Gasteiger partial charge in [0.25, 0.3) is 0 Å². The summed E-state index contributed by atoms with van der Waals surface area (Å²) in [4.78, 5) is 3.72. The number of rotatable bonds is 0. The van der Waals surface area contributed by atoms with Gasteiger partial charge in [-0.2, -0.15) is 12.4 Å². The molecule has 0 aromatic carbocycles. The van der Waals surface area contributed by atoms with E-state index in [0.29, 0.717) is 0 Å². The Hall–Kier alpha value is -0.406. The van der Waals surface area contributed by atoms with Crippen molar-refractivity contribution in [2.45, 2.75) is 0 Å². The molecule has 0 amide bonds. The first-order valence-electron chi connectivity index (χ1n) is 1.92. The summed E-state index contributed by atoms with van der Waals surface area (Å²) in [7, 11) is 0. The van der Waals surface area contributed by atoms with Gasteiger partial charge in [0, 0.05) is 0 Å². The standard InChI is InChI=1S/C4H4N.2O.Ti/c1-2-4-5-3-1;;;/h1-4H;;;/q-1;;;. The molecule has 0 saturated carbocycles. The first-order valence-corrected chi connectivity index (χ1v) is 3.20. The smallest absolute Gasteiger partial charge is 0.0860 e. The number of aromatic nitrogens is 1. The molecule has 0 aliphatic rings. The molecule has 0 radical (unpaired) electrons. The number of hydrogen-bond donors (Lipinski definition) is 0. The van der Waals surface area contributed by atoms with E-state index in [1.54, 1.807) is 12.4 Å². The molecule has 1 aromatic rings. The van der Waals surface area contributed by atoms with Gasteiger partial charge in [-0.1, -0.05) is 12.1 Å². The molecule has 8 heavy (non-hydrogen) atoms. The van der Waals surface area contributed by atoms with Crippen LogP contribution in [0.15, 0.2) is 24.5 Å². The molecule has 0 unspecified atom stereocenters. The van der Waals surface area contributed by atoms with Crippen molar-refractivity contribution in [3.8, 4) is 0 Å². The van der Waals surface area contributed by atoms with E-state index in [0.717, 1.165) is 0 Å². The van der Waals surface area contributed by atoms with Crippen molar-refractivity contribution in [3.63, 3.8) is 0 Å². The fraction of sp³-hybridized carbons (Fsp3) is 0. The third-order valence-corrected chi connectivity index (χ3v) is 0.455. The van der Waals surface area contributed by atoms with E-state index >= 15 is 0 Å². The van der Waals surface area contributed by atoms with E-state index in [-0.39, 0.29) is 0 Å². The Kier molecular flexibility index (Phi) is 6.26. The monoisotopic (exact) mass is 146 g/mol. The van der Waals surface area contributed by atoms with Crippen LogP contribution in [0, 0.1) is 0 Å². The topological polar surface area (TPSA) is 48.2 Å². The largest absolute Gasteiger partial charge is 0.670 e. The molecule has 42 valence electrons. The number of hydrogen-bond acceptors (Lipinski definition) is 2. The van der Waals surface area contributed by atoms with Crippen molar-refractivity contribution in [1.29, 1.82) is 0 Å². The minimum atomic E-state index is -2.00. The summed E-state index contributed by atoms with van der Waals surface area (Å²) >= 11 is -2.00. The van der Waals surface area contributed by atoms with Gasteiger partial charge in [0.05, 0.1) is 0 Å². The second kappa shape index (κ2) is 6.59. The maximum absolute atomic E-state index is 8.50. The molecule has 0 N–H and O–H groups in total. The van der Waals surface area contributed by atoms with E-state index < -0.39 is 19.1 Å². The Labute approximate surface area is 55.7 Å². The van der Waals surface area contributed by atoms with Crippen LogP contribution in [0.4, 0.5) is 0 Å². The SMILES string of the molecule is [O]=[Ti]=[O].c1cc[n-]c1. The molecule has 0 fully saturated rings. The summed E-state index contributed by atoms with van der Waals surface area (Å²) in [5.41, 5.74) is 0. The van der Waals surface area contributed by atoms with Gasteiger partial charge in [0.15, 0.2) is 0 Å². The zero-order valence-electron chi connectivity index (χ0n) is 4.07. The molecule has 0 bridgehead atoms. The van der Waals surface area contributed by atoms with Crippen LogP contribution in [-0.2, 0) is 25.7 Å². The van der Waals surface area contributed by atoms with Crippen LogP contribution in [0.2, 0.25) is 0 Å². The third-order valence-electron chi connectivity index (χ3n) is 0.455. The third kappa shape index (κ3) is 5.59. The molecule has 3 nitrogen and oxygen atoms in total. The van der Waals surface area contributed by atoms with Crippen LogP contribution in [0.5, 0.6) is 0 Å². The van der Waals surface area contributed by atoms with E-state index in [1.165, 1.54) is 0 Å². The Morgan fingerprint density at radius 1 is 1.12 bits per heavy atom. The van der Waals surface area contributed by atoms with E-state index in [9.17, 15) is 0 Å². The molecule has 1 rings (SSSR count). The van der Waals surface area contributed by atoms with Gasteiger partial charge >= 0.3 is 25.7 Å². The van der Waals surface area contributed by atoms with E-state index in [1.807, 2.05) is 12.1 Å². The first-order chi connectivity index (χ1) is 3.91. The molecule has 1 heterocycles. The maximum atomic E-state index is 8.50. The normalized spacial score (nSPS) is 6.00. The average molecular weight is 146 g/mol. The minimum Gasteiger partial charge on any atom is -0.670 e. The van der Waals surface area contributed by atoms with Gasteiger partial charge in [-0.05, 0) is 0 Å². The summed E-state index contributed by atoms with van der Waals surface area (Å²) in [6.07, 6.45) is 3.50. The van der Waals surface area contributed by atoms with Gasteiger partial charge in [0.1, 0.15) is 0 Å². The summed E-state index contributed by atoms with van der Waals surface area (Å²) in [5.74, 6) is 0. The predicted molar refractivity (Wildman–Crippen MR) is 21.1 cm³/mol. The van der Waals surface area contributed by atoms with Gasteiger partial charge in [-0.15, -0.1) is 0 Å². The molecule has 0 aliphatic heterocycles. The van der Waals surface area contributed by atoms with Crippen molar-refractivity contribution in [1.82, 2.24) is 4.98 Å². The van der Waals surface area contributed by atoms with Crippen LogP contribution in [0.1, 0.15) is 0 Å². The molecule has 1 aromatic heterocycles. The molecule has 4 heteroatoms. The van der Waals surface area contributed by atoms with Crippen LogP contribution < -0.4 is 4.98 Å². The Balaban J connectivity index is 0.000000145. The summed E-state index contributed by atoms with van der Waals surface area (Å²) in [6, 6.07) is 3.78. The fourth-order valence-electron chi connectivity index (χ4n) is 0.248. The minimum absolute atomic E-state index is 1.75. The zero-order chi connectivity index (χ0) is 6.24. The molecular weight excluding hydrogens is 142 g/mol. The van der Waals surface area contributed by atoms with Gasteiger partial charge < -0.3 is 4.98 Å². The second-order valence-corrected chi connectivity index (χ2v) is 1.18. The second-order valence-electron chi connectivity index (χ2n) is 0.915. The average Bonchev–Trinajstić information content (AvgIpc) is 2.17. The van der Waals surface area contributed by atoms with E-state index in [4.69, 9.17) is 6.65 Å². The predicted octanol–water partition coefficient (Wildman–Crippen LogP) is 0.404. The Bertz CT molecular complexity index is 126. The summed E-state index contributed by atoms with van der Waals surface area (Å²) in [5, 5.41) is 0. The van der Waals surface area contributed by atoms with Crippen molar-refractivity contribution in [2.75, 3.05) is 0 Å². The fourth-order valence-corrected chi connectivity index (χ4v) is 0.248. The molecule has 0 saturated heterocycles. The summed E-state index contributed by atoms with van der Waals surface area (Å²) in [6.45, 7) is 0. The quantitative estimate of drug-likeness (QED) is 0.497. The molecule has 0 atom stereocenters. The van der Waals surface area contributed by atoms with Crippen molar-refractivity contribution in [2.24, 2.45) is 0 Å². The van der Waals surface area contributed by atoms with Crippen LogP contribution in [-0.4, -0.2) is 0 Å². The van der Waals surface area contributed by atoms with Crippen molar-refractivity contribution >= 4 is 0 Å². The zero-order valence-corrected chi connectivity index (χ0v) is 5.63. The number of nitrogens with zero attached hydrogens (tertiary/aromatic N) is 1. The van der Waals surface area contributed by atoms with Gasteiger partial charge in [-0.25, -0.2) is 0 Å². The van der Waals surface area contributed by atoms with E-state index in [2.05, 4.69) is 4.98 Å². The Morgan fingerprint density at radius 3 is 1.62 bits per heavy atom. The van der Waals surface area contributed by atoms with Gasteiger partial charge in [0.2, 0.25) is 0 Å². The first kappa shape index (κ1) is 7.59. The van der Waals surface area contributed by atoms with Crippen LogP contribution in [0.25, 0.3) is 0 Å². The molecule has 0 spiro atoms. The van der Waals surface area contributed by atoms with Gasteiger partial charge in [-0.3, -0.25) is 0 Å². The maximum Gasteiger partial charge on any atom is -0.0860 e. The molecule has 0 aliphatic carbocycles. The Morgan fingerprint density at radius 2 is 1.50 bits per heavy atom. The summed E-state index contributed by atoms with van der Waals surface area (Å²) < 4.78 is 17.0. The van der Waals surface area contributed by atoms with Crippen LogP contribution in [0.3, 0.4) is 0 Å². The van der Waals surface area contributed by atoms with Crippen molar-refractivity contribution < 1.29 is 25.7 Å².